The van der Waals surface area contributed by atoms with Crippen LogP contribution in [0.15, 0.2) is 34.7 Å². The Morgan fingerprint density at radius 1 is 0.971 bits per heavy atom. The predicted octanol–water partition coefficient (Wildman–Crippen LogP) is 5.73. The molecule has 190 valence electrons. The molecule has 0 unspecified atom stereocenters. The number of aromatic hydroxyl groups is 1. The Morgan fingerprint density at radius 3 is 2.00 bits per heavy atom. The van der Waals surface area contributed by atoms with E-state index in [2.05, 4.69) is 55.2 Å². The van der Waals surface area contributed by atoms with Crippen LogP contribution in [0, 0.1) is 14.4 Å². The van der Waals surface area contributed by atoms with E-state index in [1.54, 1.807) is 13.2 Å². The molecular weight excluding hydrogens is 557 g/mol. The van der Waals surface area contributed by atoms with Crippen molar-refractivity contribution >= 4 is 34.2 Å². The van der Waals surface area contributed by atoms with Crippen LogP contribution in [0.25, 0.3) is 0 Å². The third-order valence-corrected chi connectivity index (χ3v) is 8.18. The van der Waals surface area contributed by atoms with Crippen LogP contribution < -0.4 is 4.74 Å². The minimum Gasteiger partial charge on any atom is -0.504 e. The average Bonchev–Trinajstić information content (AvgIpc) is 2.74. The van der Waals surface area contributed by atoms with E-state index in [0.717, 1.165) is 47.4 Å². The van der Waals surface area contributed by atoms with Crippen molar-refractivity contribution in [3.05, 3.63) is 43.8 Å². The van der Waals surface area contributed by atoms with E-state index >= 15 is 0 Å². The van der Waals surface area contributed by atoms with Gasteiger partial charge in [0, 0.05) is 61.6 Å². The number of nitrogens with zero attached hydrogens (tertiary/aromatic N) is 1. The van der Waals surface area contributed by atoms with Crippen LogP contribution in [-0.2, 0) is 14.3 Å². The van der Waals surface area contributed by atoms with Gasteiger partial charge in [0.2, 0.25) is 0 Å². The van der Waals surface area contributed by atoms with Crippen LogP contribution in [0.5, 0.6) is 11.5 Å². The Labute approximate surface area is 221 Å². The van der Waals surface area contributed by atoms with E-state index in [0.29, 0.717) is 35.3 Å². The van der Waals surface area contributed by atoms with Gasteiger partial charge in [0.25, 0.3) is 0 Å². The zero-order valence-electron chi connectivity index (χ0n) is 21.6. The summed E-state index contributed by atoms with van der Waals surface area (Å²) in [6.45, 7) is 9.90. The first kappa shape index (κ1) is 26.2. The standard InChI is InChI=1S/C28H36INO5/c1-27(2)12-18-24(20(31)14-27)23(16-10-17(29)26(33)22(11-16)35-6)25-19(30(18)8-7-9-34-5)13-28(3,4)15-21(25)32/h10-11,23,33H,7-9,12-15H2,1-6H3. The zero-order chi connectivity index (χ0) is 25.7. The number of phenols is 1. The van der Waals surface area contributed by atoms with E-state index in [9.17, 15) is 14.7 Å². The maximum absolute atomic E-state index is 13.8. The van der Waals surface area contributed by atoms with Gasteiger partial charge < -0.3 is 19.5 Å². The Morgan fingerprint density at radius 2 is 1.51 bits per heavy atom. The normalized spacial score (nSPS) is 21.9. The summed E-state index contributed by atoms with van der Waals surface area (Å²) in [7, 11) is 3.22. The molecular formula is C28H36INO5. The molecule has 4 rings (SSSR count). The molecule has 1 aliphatic heterocycles. The predicted molar refractivity (Wildman–Crippen MR) is 143 cm³/mol. The van der Waals surface area contributed by atoms with E-state index in [4.69, 9.17) is 9.47 Å². The molecule has 0 amide bonds. The number of Topliss-reactive ketones (excluding diaryl/α,β-unsaturated/α-hetero) is 2. The Bertz CT molecular complexity index is 1080. The van der Waals surface area contributed by atoms with Gasteiger partial charge in [-0.05, 0) is 70.4 Å². The Kier molecular flexibility index (Phi) is 7.14. The summed E-state index contributed by atoms with van der Waals surface area (Å²) < 4.78 is 11.4. The van der Waals surface area contributed by atoms with Crippen molar-refractivity contribution in [1.29, 1.82) is 0 Å². The molecule has 35 heavy (non-hydrogen) atoms. The molecule has 3 aliphatic rings. The Hall–Kier alpha value is -1.87. The van der Waals surface area contributed by atoms with E-state index in [1.165, 1.54) is 7.11 Å². The van der Waals surface area contributed by atoms with Gasteiger partial charge in [-0.3, -0.25) is 9.59 Å². The monoisotopic (exact) mass is 593 g/mol. The van der Waals surface area contributed by atoms with Crippen LogP contribution in [0.4, 0.5) is 0 Å². The van der Waals surface area contributed by atoms with Gasteiger partial charge in [0.05, 0.1) is 10.7 Å². The molecule has 0 spiro atoms. The first-order valence-electron chi connectivity index (χ1n) is 12.2. The molecule has 0 radical (unpaired) electrons. The van der Waals surface area contributed by atoms with Crippen LogP contribution in [0.1, 0.15) is 71.3 Å². The minimum atomic E-state index is -0.450. The molecule has 7 heteroatoms. The summed E-state index contributed by atoms with van der Waals surface area (Å²) in [6, 6.07) is 3.68. The van der Waals surface area contributed by atoms with Gasteiger partial charge in [-0.15, -0.1) is 0 Å². The smallest absolute Gasteiger partial charge is 0.171 e. The lowest BCUT2D eigenvalue weighted by Crippen LogP contribution is -2.44. The molecule has 0 aromatic heterocycles. The summed E-state index contributed by atoms with van der Waals surface area (Å²) in [5, 5.41) is 10.5. The molecule has 2 aliphatic carbocycles. The lowest BCUT2D eigenvalue weighted by Gasteiger charge is -2.49. The largest absolute Gasteiger partial charge is 0.504 e. The number of methoxy groups -OCH3 is 2. The molecule has 1 N–H and O–H groups in total. The second-order valence-corrected chi connectivity index (χ2v) is 12.7. The van der Waals surface area contributed by atoms with Crippen LogP contribution in [0.2, 0.25) is 0 Å². The first-order valence-corrected chi connectivity index (χ1v) is 13.3. The number of hydrogen-bond donors (Lipinski definition) is 1. The van der Waals surface area contributed by atoms with Gasteiger partial charge in [-0.2, -0.15) is 0 Å². The van der Waals surface area contributed by atoms with Crippen LogP contribution >= 0.6 is 22.6 Å². The third-order valence-electron chi connectivity index (χ3n) is 7.36. The quantitative estimate of drug-likeness (QED) is 0.336. The molecule has 0 atom stereocenters. The summed E-state index contributed by atoms with van der Waals surface area (Å²) in [4.78, 5) is 29.9. The van der Waals surface area contributed by atoms with Crippen molar-refractivity contribution in [2.24, 2.45) is 10.8 Å². The number of ether oxygens (including phenoxy) is 2. The van der Waals surface area contributed by atoms with E-state index in [-0.39, 0.29) is 28.1 Å². The number of allylic oxidation sites excluding steroid dienone is 4. The molecule has 6 nitrogen and oxygen atoms in total. The van der Waals surface area contributed by atoms with Crippen molar-refractivity contribution < 1.29 is 24.2 Å². The van der Waals surface area contributed by atoms with Gasteiger partial charge in [-0.1, -0.05) is 27.7 Å². The molecule has 1 aromatic rings. The number of carbonyl (C=O) groups excluding carboxylic acids is 2. The SMILES string of the molecule is COCCCN1C2=C(C(=O)CC(C)(C)C2)C(c2cc(I)c(O)c(OC)c2)C2=C1CC(C)(C)CC2=O. The number of halogens is 1. The fourth-order valence-electron chi connectivity index (χ4n) is 5.93. The van der Waals surface area contributed by atoms with Gasteiger partial charge in [0.1, 0.15) is 0 Å². The van der Waals surface area contributed by atoms with Gasteiger partial charge in [-0.25, -0.2) is 0 Å². The van der Waals surface area contributed by atoms with Crippen molar-refractivity contribution in [2.75, 3.05) is 27.4 Å². The van der Waals surface area contributed by atoms with Crippen molar-refractivity contribution in [3.63, 3.8) is 0 Å². The van der Waals surface area contributed by atoms with Gasteiger partial charge in [0.15, 0.2) is 23.1 Å². The lowest BCUT2D eigenvalue weighted by molar-refractivity contribution is -0.119. The molecule has 1 heterocycles. The first-order chi connectivity index (χ1) is 16.4. The molecule has 0 fully saturated rings. The van der Waals surface area contributed by atoms with Crippen molar-refractivity contribution in [3.8, 4) is 11.5 Å². The second kappa shape index (κ2) is 9.54. The highest BCUT2D eigenvalue weighted by Crippen LogP contribution is 2.55. The maximum Gasteiger partial charge on any atom is 0.171 e. The lowest BCUT2D eigenvalue weighted by atomic mass is 9.63. The Balaban J connectivity index is 1.99. The zero-order valence-corrected chi connectivity index (χ0v) is 23.7. The molecule has 0 bridgehead atoms. The highest BCUT2D eigenvalue weighted by Gasteiger charge is 2.49. The minimum absolute atomic E-state index is 0.0736. The fraction of sp³-hybridized carbons (Fsp3) is 0.571. The number of rotatable bonds is 6. The number of hydrogen-bond acceptors (Lipinski definition) is 6. The summed E-state index contributed by atoms with van der Waals surface area (Å²) >= 11 is 2.08. The number of phenolic OH excluding ortho intramolecular Hbond substituents is 1. The van der Waals surface area contributed by atoms with E-state index < -0.39 is 5.92 Å². The number of benzene rings is 1. The van der Waals surface area contributed by atoms with Crippen molar-refractivity contribution in [2.45, 2.75) is 65.7 Å². The molecule has 0 saturated carbocycles. The highest BCUT2D eigenvalue weighted by molar-refractivity contribution is 14.1. The van der Waals surface area contributed by atoms with Crippen LogP contribution in [-0.4, -0.2) is 48.9 Å². The topological polar surface area (TPSA) is 76.1 Å². The van der Waals surface area contributed by atoms with E-state index in [1.807, 2.05) is 6.07 Å². The summed E-state index contributed by atoms with van der Waals surface area (Å²) in [5.41, 5.74) is 4.05. The summed E-state index contributed by atoms with van der Waals surface area (Å²) in [6.07, 6.45) is 3.25. The highest BCUT2D eigenvalue weighted by atomic mass is 127. The summed E-state index contributed by atoms with van der Waals surface area (Å²) in [5.74, 6) is 0.178. The number of carbonyl (C=O) groups is 2. The molecule has 0 saturated heterocycles. The second-order valence-electron chi connectivity index (χ2n) is 11.6. The maximum atomic E-state index is 13.8. The number of ketones is 2. The third kappa shape index (κ3) is 4.90. The molecule has 1 aromatic carbocycles. The van der Waals surface area contributed by atoms with Gasteiger partial charge >= 0.3 is 0 Å². The average molecular weight is 594 g/mol. The van der Waals surface area contributed by atoms with Crippen LogP contribution in [0.3, 0.4) is 0 Å². The van der Waals surface area contributed by atoms with Crippen molar-refractivity contribution in [1.82, 2.24) is 4.90 Å². The fourth-order valence-corrected chi connectivity index (χ4v) is 6.56.